The molecule has 0 amide bonds. The van der Waals surface area contributed by atoms with Crippen LogP contribution >= 0.6 is 0 Å². The second-order valence-corrected chi connectivity index (χ2v) is 8.58. The Morgan fingerprint density at radius 3 is 1.92 bits per heavy atom. The molecule has 0 saturated carbocycles. The molecule has 0 aliphatic carbocycles. The Balaban J connectivity index is 2.36. The van der Waals surface area contributed by atoms with Crippen LogP contribution in [0, 0.1) is 6.92 Å². The lowest BCUT2D eigenvalue weighted by Gasteiger charge is -2.19. The van der Waals surface area contributed by atoms with Gasteiger partial charge < -0.3 is 9.47 Å². The number of benzene rings is 2. The summed E-state index contributed by atoms with van der Waals surface area (Å²) in [4.78, 5) is 0.217. The molecule has 2 rings (SSSR count). The zero-order valence-electron chi connectivity index (χ0n) is 15.5. The maximum atomic E-state index is 12.7. The number of nitrogens with one attached hydrogen (secondary N) is 1. The van der Waals surface area contributed by atoms with E-state index in [0.717, 1.165) is 11.1 Å². The number of hydrogen-bond donors (Lipinski definition) is 1. The first-order valence-electron chi connectivity index (χ1n) is 7.94. The van der Waals surface area contributed by atoms with Crippen molar-refractivity contribution < 1.29 is 17.9 Å². The van der Waals surface area contributed by atoms with Gasteiger partial charge in [0.05, 0.1) is 24.8 Å². The Kier molecular flexibility index (Phi) is 5.32. The third-order valence-electron chi connectivity index (χ3n) is 4.01. The number of methoxy groups -OCH3 is 2. The molecule has 25 heavy (non-hydrogen) atoms. The lowest BCUT2D eigenvalue weighted by Crippen LogP contribution is -2.15. The van der Waals surface area contributed by atoms with Gasteiger partial charge in [0.2, 0.25) is 0 Å². The number of anilines is 1. The Bertz CT molecular complexity index is 850. The van der Waals surface area contributed by atoms with Crippen LogP contribution in [0.25, 0.3) is 0 Å². The van der Waals surface area contributed by atoms with Crippen molar-refractivity contribution in [1.82, 2.24) is 0 Å². The molecule has 5 nitrogen and oxygen atoms in total. The van der Waals surface area contributed by atoms with Gasteiger partial charge in [0.25, 0.3) is 10.0 Å². The van der Waals surface area contributed by atoms with Crippen molar-refractivity contribution in [1.29, 1.82) is 0 Å². The van der Waals surface area contributed by atoms with Gasteiger partial charge >= 0.3 is 0 Å². The van der Waals surface area contributed by atoms with Crippen LogP contribution in [0.4, 0.5) is 5.69 Å². The maximum absolute atomic E-state index is 12.7. The number of aryl methyl sites for hydroxylation is 1. The predicted molar refractivity (Wildman–Crippen MR) is 100 cm³/mol. The SMILES string of the molecule is COc1cc(C)c(NS(=O)(=O)c2ccc(C(C)(C)C)cc2)cc1OC. The molecule has 0 aliphatic heterocycles. The van der Waals surface area contributed by atoms with Crippen LogP contribution in [0.3, 0.4) is 0 Å². The highest BCUT2D eigenvalue weighted by atomic mass is 32.2. The minimum absolute atomic E-state index is 0.0321. The van der Waals surface area contributed by atoms with Crippen molar-refractivity contribution in [2.24, 2.45) is 0 Å². The van der Waals surface area contributed by atoms with Crippen molar-refractivity contribution in [3.63, 3.8) is 0 Å². The van der Waals surface area contributed by atoms with Crippen molar-refractivity contribution in [3.8, 4) is 11.5 Å². The zero-order chi connectivity index (χ0) is 18.8. The number of rotatable bonds is 5. The van der Waals surface area contributed by atoms with E-state index in [1.165, 1.54) is 14.2 Å². The summed E-state index contributed by atoms with van der Waals surface area (Å²) in [5.74, 6) is 1.02. The molecule has 2 aromatic rings. The first kappa shape index (κ1) is 19.1. The molecule has 0 saturated heterocycles. The first-order chi connectivity index (χ1) is 11.6. The number of hydrogen-bond acceptors (Lipinski definition) is 4. The topological polar surface area (TPSA) is 64.6 Å². The van der Waals surface area contributed by atoms with Crippen LogP contribution in [0.5, 0.6) is 11.5 Å². The van der Waals surface area contributed by atoms with E-state index in [4.69, 9.17) is 9.47 Å². The van der Waals surface area contributed by atoms with E-state index < -0.39 is 10.0 Å². The van der Waals surface area contributed by atoms with Crippen molar-refractivity contribution in [2.75, 3.05) is 18.9 Å². The second-order valence-electron chi connectivity index (χ2n) is 6.90. The lowest BCUT2D eigenvalue weighted by atomic mass is 9.87. The molecule has 0 fully saturated rings. The molecule has 136 valence electrons. The van der Waals surface area contributed by atoms with Crippen LogP contribution in [0.15, 0.2) is 41.3 Å². The van der Waals surface area contributed by atoms with Gasteiger partial charge in [0, 0.05) is 6.07 Å². The van der Waals surface area contributed by atoms with E-state index in [-0.39, 0.29) is 10.3 Å². The van der Waals surface area contributed by atoms with Crippen LogP contribution in [-0.2, 0) is 15.4 Å². The summed E-state index contributed by atoms with van der Waals surface area (Å²) in [5, 5.41) is 0. The largest absolute Gasteiger partial charge is 0.493 e. The van der Waals surface area contributed by atoms with Crippen molar-refractivity contribution in [2.45, 2.75) is 38.0 Å². The van der Waals surface area contributed by atoms with Crippen LogP contribution in [-0.4, -0.2) is 22.6 Å². The Morgan fingerprint density at radius 2 is 1.44 bits per heavy atom. The summed E-state index contributed by atoms with van der Waals surface area (Å²) in [5.41, 5.74) is 2.24. The summed E-state index contributed by atoms with van der Waals surface area (Å²) < 4.78 is 38.5. The van der Waals surface area contributed by atoms with Crippen LogP contribution < -0.4 is 14.2 Å². The van der Waals surface area contributed by atoms with Gasteiger partial charge in [-0.05, 0) is 41.7 Å². The molecule has 2 aromatic carbocycles. The van der Waals surface area contributed by atoms with E-state index in [1.54, 1.807) is 24.3 Å². The van der Waals surface area contributed by atoms with E-state index in [1.807, 2.05) is 19.1 Å². The van der Waals surface area contributed by atoms with Gasteiger partial charge in [-0.1, -0.05) is 32.9 Å². The maximum Gasteiger partial charge on any atom is 0.261 e. The molecule has 0 heterocycles. The van der Waals surface area contributed by atoms with E-state index in [0.29, 0.717) is 17.2 Å². The summed E-state index contributed by atoms with van der Waals surface area (Å²) in [6.07, 6.45) is 0. The average Bonchev–Trinajstić information content (AvgIpc) is 2.55. The summed E-state index contributed by atoms with van der Waals surface area (Å²) in [6, 6.07) is 10.3. The molecule has 0 radical (unpaired) electrons. The normalized spacial score (nSPS) is 11.9. The van der Waals surface area contributed by atoms with Gasteiger partial charge in [-0.3, -0.25) is 4.72 Å². The van der Waals surface area contributed by atoms with Gasteiger partial charge in [-0.2, -0.15) is 0 Å². The minimum Gasteiger partial charge on any atom is -0.493 e. The Morgan fingerprint density at radius 1 is 0.920 bits per heavy atom. The molecule has 0 unspecified atom stereocenters. The average molecular weight is 363 g/mol. The fraction of sp³-hybridized carbons (Fsp3) is 0.368. The molecule has 0 aromatic heterocycles. The Hall–Kier alpha value is -2.21. The van der Waals surface area contributed by atoms with Crippen molar-refractivity contribution in [3.05, 3.63) is 47.5 Å². The quantitative estimate of drug-likeness (QED) is 0.868. The molecular formula is C19H25NO4S. The Labute approximate surface area is 150 Å². The highest BCUT2D eigenvalue weighted by molar-refractivity contribution is 7.92. The lowest BCUT2D eigenvalue weighted by molar-refractivity contribution is 0.355. The van der Waals surface area contributed by atoms with Gasteiger partial charge in [0.1, 0.15) is 0 Å². The molecule has 0 aliphatic rings. The van der Waals surface area contributed by atoms with Crippen LogP contribution in [0.2, 0.25) is 0 Å². The van der Waals surface area contributed by atoms with Crippen LogP contribution in [0.1, 0.15) is 31.9 Å². The molecule has 6 heteroatoms. The summed E-state index contributed by atoms with van der Waals surface area (Å²) >= 11 is 0. The monoisotopic (exact) mass is 363 g/mol. The second kappa shape index (κ2) is 6.96. The number of sulfonamides is 1. The predicted octanol–water partition coefficient (Wildman–Crippen LogP) is 4.11. The molecule has 1 N–H and O–H groups in total. The van der Waals surface area contributed by atoms with Gasteiger partial charge in [0.15, 0.2) is 11.5 Å². The standard InChI is InChI=1S/C19H25NO4S/c1-13-11-17(23-5)18(24-6)12-16(13)20-25(21,22)15-9-7-14(8-10-15)19(2,3)4/h7-12,20H,1-6H3. The highest BCUT2D eigenvalue weighted by Gasteiger charge is 2.19. The molecule has 0 bridgehead atoms. The molecular weight excluding hydrogens is 338 g/mol. The summed E-state index contributed by atoms with van der Waals surface area (Å²) in [6.45, 7) is 8.06. The fourth-order valence-corrected chi connectivity index (χ4v) is 3.55. The fourth-order valence-electron chi connectivity index (χ4n) is 2.43. The van der Waals surface area contributed by atoms with E-state index >= 15 is 0 Å². The highest BCUT2D eigenvalue weighted by Crippen LogP contribution is 2.34. The van der Waals surface area contributed by atoms with E-state index in [2.05, 4.69) is 25.5 Å². The molecule has 0 spiro atoms. The summed E-state index contributed by atoms with van der Waals surface area (Å²) in [7, 11) is -0.639. The van der Waals surface area contributed by atoms with Gasteiger partial charge in [-0.25, -0.2) is 8.42 Å². The molecule has 0 atom stereocenters. The minimum atomic E-state index is -3.69. The van der Waals surface area contributed by atoms with Crippen molar-refractivity contribution >= 4 is 15.7 Å². The van der Waals surface area contributed by atoms with E-state index in [9.17, 15) is 8.42 Å². The first-order valence-corrected chi connectivity index (χ1v) is 9.43. The number of ether oxygens (including phenoxy) is 2. The zero-order valence-corrected chi connectivity index (χ0v) is 16.3. The third kappa shape index (κ3) is 4.25. The smallest absolute Gasteiger partial charge is 0.261 e. The van der Waals surface area contributed by atoms with Gasteiger partial charge in [-0.15, -0.1) is 0 Å². The third-order valence-corrected chi connectivity index (χ3v) is 5.39.